The van der Waals surface area contributed by atoms with Gasteiger partial charge in [-0.2, -0.15) is 0 Å². The van der Waals surface area contributed by atoms with E-state index in [-0.39, 0.29) is 12.5 Å². The van der Waals surface area contributed by atoms with Crippen LogP contribution in [0.4, 0.5) is 15.8 Å². The predicted octanol–water partition coefficient (Wildman–Crippen LogP) is 3.47. The first kappa shape index (κ1) is 20.2. The molecule has 8 heteroatoms. The lowest BCUT2D eigenvalue weighted by Gasteiger charge is -2.38. The molecule has 31 heavy (non-hydrogen) atoms. The van der Waals surface area contributed by atoms with Gasteiger partial charge in [-0.25, -0.2) is 4.39 Å². The number of anilines is 2. The van der Waals surface area contributed by atoms with Gasteiger partial charge in [-0.1, -0.05) is 18.2 Å². The van der Waals surface area contributed by atoms with Gasteiger partial charge >= 0.3 is 0 Å². The van der Waals surface area contributed by atoms with E-state index in [1.807, 2.05) is 12.1 Å². The van der Waals surface area contributed by atoms with E-state index in [2.05, 4.69) is 5.32 Å². The molecule has 3 aromatic carbocycles. The largest absolute Gasteiger partial charge is 0.493 e. The van der Waals surface area contributed by atoms with Crippen LogP contribution in [-0.4, -0.2) is 25.5 Å². The van der Waals surface area contributed by atoms with Gasteiger partial charge in [0.2, 0.25) is 0 Å². The Bertz CT molecular complexity index is 1130. The second-order valence-electron chi connectivity index (χ2n) is 6.91. The van der Waals surface area contributed by atoms with Crippen LogP contribution in [0.15, 0.2) is 66.7 Å². The van der Waals surface area contributed by atoms with Crippen molar-refractivity contribution in [3.8, 4) is 11.5 Å². The molecule has 158 valence electrons. The SMILES string of the molecule is COc1cc([C@@H]2Nc3ccccc3C(=O)N2c2ccc(F)cc2)ccc1OCC(N)=O. The van der Waals surface area contributed by atoms with Crippen molar-refractivity contribution in [1.82, 2.24) is 0 Å². The van der Waals surface area contributed by atoms with Crippen LogP contribution in [-0.2, 0) is 4.79 Å². The van der Waals surface area contributed by atoms with E-state index < -0.39 is 17.9 Å². The fourth-order valence-corrected chi connectivity index (χ4v) is 3.48. The molecule has 7 nitrogen and oxygen atoms in total. The number of ether oxygens (including phenoxy) is 2. The summed E-state index contributed by atoms with van der Waals surface area (Å²) in [5.41, 5.74) is 7.58. The number of benzene rings is 3. The molecule has 0 aliphatic carbocycles. The summed E-state index contributed by atoms with van der Waals surface area (Å²) in [7, 11) is 1.47. The highest BCUT2D eigenvalue weighted by Gasteiger charge is 2.34. The van der Waals surface area contributed by atoms with Crippen molar-refractivity contribution in [3.63, 3.8) is 0 Å². The molecule has 2 amide bonds. The first-order valence-corrected chi connectivity index (χ1v) is 9.51. The quantitative estimate of drug-likeness (QED) is 0.636. The molecular formula is C23H20FN3O4. The standard InChI is InChI=1S/C23H20FN3O4/c1-30-20-12-14(6-11-19(20)31-13-21(25)28)22-26-18-5-3-2-4-17(18)23(29)27(22)16-9-7-15(24)8-10-16/h2-12,22,26H,13H2,1H3,(H2,25,28)/t22-/m1/s1. The molecule has 4 rings (SSSR count). The highest BCUT2D eigenvalue weighted by atomic mass is 19.1. The van der Waals surface area contributed by atoms with Crippen molar-refractivity contribution in [2.24, 2.45) is 5.73 Å². The molecule has 0 radical (unpaired) electrons. The summed E-state index contributed by atoms with van der Waals surface area (Å²) in [5, 5.41) is 3.37. The summed E-state index contributed by atoms with van der Waals surface area (Å²) < 4.78 is 24.3. The molecule has 0 saturated heterocycles. The minimum atomic E-state index is -0.607. The smallest absolute Gasteiger partial charge is 0.262 e. The first-order chi connectivity index (χ1) is 15.0. The number of nitrogens with zero attached hydrogens (tertiary/aromatic N) is 1. The van der Waals surface area contributed by atoms with Crippen LogP contribution < -0.4 is 25.4 Å². The molecule has 3 aromatic rings. The van der Waals surface area contributed by atoms with Crippen molar-refractivity contribution < 1.29 is 23.5 Å². The first-order valence-electron chi connectivity index (χ1n) is 9.51. The minimum absolute atomic E-state index is 0.223. The van der Waals surface area contributed by atoms with Gasteiger partial charge < -0.3 is 20.5 Å². The van der Waals surface area contributed by atoms with Gasteiger partial charge in [0.1, 0.15) is 12.0 Å². The number of nitrogens with two attached hydrogens (primary N) is 1. The van der Waals surface area contributed by atoms with E-state index in [4.69, 9.17) is 15.2 Å². The number of carbonyl (C=O) groups excluding carboxylic acids is 2. The molecule has 0 saturated carbocycles. The van der Waals surface area contributed by atoms with Gasteiger partial charge in [0.15, 0.2) is 18.1 Å². The lowest BCUT2D eigenvalue weighted by Crippen LogP contribution is -2.43. The van der Waals surface area contributed by atoms with Gasteiger partial charge in [0, 0.05) is 11.4 Å². The van der Waals surface area contributed by atoms with Crippen LogP contribution >= 0.6 is 0 Å². The van der Waals surface area contributed by atoms with E-state index in [0.717, 1.165) is 0 Å². The average molecular weight is 421 g/mol. The summed E-state index contributed by atoms with van der Waals surface area (Å²) >= 11 is 0. The molecule has 1 heterocycles. The number of primary amides is 1. The molecule has 1 aliphatic rings. The highest BCUT2D eigenvalue weighted by Crippen LogP contribution is 2.39. The molecule has 1 atom stereocenters. The molecule has 0 unspecified atom stereocenters. The Kier molecular flexibility index (Phi) is 5.44. The fourth-order valence-electron chi connectivity index (χ4n) is 3.48. The van der Waals surface area contributed by atoms with Crippen LogP contribution in [0, 0.1) is 5.82 Å². The van der Waals surface area contributed by atoms with Gasteiger partial charge in [-0.05, 0) is 54.1 Å². The third kappa shape index (κ3) is 4.00. The number of amides is 2. The maximum atomic E-state index is 13.5. The Morgan fingerprint density at radius 2 is 1.84 bits per heavy atom. The van der Waals surface area contributed by atoms with E-state index >= 15 is 0 Å². The Morgan fingerprint density at radius 1 is 1.10 bits per heavy atom. The van der Waals surface area contributed by atoms with Crippen molar-refractivity contribution in [2.75, 3.05) is 23.9 Å². The monoisotopic (exact) mass is 421 g/mol. The second kappa shape index (κ2) is 8.35. The zero-order valence-electron chi connectivity index (χ0n) is 16.7. The van der Waals surface area contributed by atoms with Crippen molar-refractivity contribution in [2.45, 2.75) is 6.17 Å². The maximum Gasteiger partial charge on any atom is 0.262 e. The summed E-state index contributed by atoms with van der Waals surface area (Å²) in [6.45, 7) is -0.287. The summed E-state index contributed by atoms with van der Waals surface area (Å²) in [6, 6.07) is 18.0. The van der Waals surface area contributed by atoms with Crippen LogP contribution in [0.25, 0.3) is 0 Å². The Labute approximate surface area is 178 Å². The number of nitrogens with one attached hydrogen (secondary N) is 1. The molecule has 1 aliphatic heterocycles. The van der Waals surface area contributed by atoms with Crippen LogP contribution in [0.5, 0.6) is 11.5 Å². The number of methoxy groups -OCH3 is 1. The zero-order valence-corrected chi connectivity index (χ0v) is 16.7. The molecule has 0 fully saturated rings. The minimum Gasteiger partial charge on any atom is -0.493 e. The Hall–Kier alpha value is -4.07. The number of hydrogen-bond acceptors (Lipinski definition) is 5. The third-order valence-electron chi connectivity index (χ3n) is 4.90. The van der Waals surface area contributed by atoms with E-state index in [1.54, 1.807) is 47.4 Å². The molecule has 3 N–H and O–H groups in total. The number of hydrogen-bond donors (Lipinski definition) is 2. The average Bonchev–Trinajstić information content (AvgIpc) is 2.78. The summed E-state index contributed by atoms with van der Waals surface area (Å²) in [4.78, 5) is 26.0. The van der Waals surface area contributed by atoms with E-state index in [0.29, 0.717) is 34.0 Å². The highest BCUT2D eigenvalue weighted by molar-refractivity contribution is 6.12. The Balaban J connectivity index is 1.77. The zero-order chi connectivity index (χ0) is 22.0. The Morgan fingerprint density at radius 3 is 2.55 bits per heavy atom. The normalized spacial score (nSPS) is 15.1. The number of rotatable bonds is 6. The van der Waals surface area contributed by atoms with Gasteiger partial charge in [-0.3, -0.25) is 14.5 Å². The molecule has 0 bridgehead atoms. The van der Waals surface area contributed by atoms with Crippen molar-refractivity contribution >= 4 is 23.2 Å². The topological polar surface area (TPSA) is 93.9 Å². The second-order valence-corrected chi connectivity index (χ2v) is 6.91. The molecule has 0 spiro atoms. The van der Waals surface area contributed by atoms with Crippen LogP contribution in [0.2, 0.25) is 0 Å². The van der Waals surface area contributed by atoms with Crippen molar-refractivity contribution in [1.29, 1.82) is 0 Å². The van der Waals surface area contributed by atoms with Gasteiger partial charge in [0.25, 0.3) is 11.8 Å². The van der Waals surface area contributed by atoms with E-state index in [9.17, 15) is 14.0 Å². The summed E-state index contributed by atoms with van der Waals surface area (Å²) in [6.07, 6.45) is -0.591. The molecular weight excluding hydrogens is 401 g/mol. The van der Waals surface area contributed by atoms with E-state index in [1.165, 1.54) is 19.2 Å². The third-order valence-corrected chi connectivity index (χ3v) is 4.90. The molecule has 0 aromatic heterocycles. The number of halogens is 1. The number of fused-ring (bicyclic) bond motifs is 1. The van der Waals surface area contributed by atoms with Crippen LogP contribution in [0.3, 0.4) is 0 Å². The maximum absolute atomic E-state index is 13.5. The van der Waals surface area contributed by atoms with Gasteiger partial charge in [0.05, 0.1) is 12.7 Å². The predicted molar refractivity (Wildman–Crippen MR) is 114 cm³/mol. The lowest BCUT2D eigenvalue weighted by molar-refractivity contribution is -0.119. The van der Waals surface area contributed by atoms with Gasteiger partial charge in [-0.15, -0.1) is 0 Å². The fraction of sp³-hybridized carbons (Fsp3) is 0.130. The van der Waals surface area contributed by atoms with Crippen molar-refractivity contribution in [3.05, 3.63) is 83.7 Å². The number of carbonyl (C=O) groups is 2. The number of para-hydroxylation sites is 1. The lowest BCUT2D eigenvalue weighted by atomic mass is 10.0. The van der Waals surface area contributed by atoms with Crippen LogP contribution in [0.1, 0.15) is 22.1 Å². The summed E-state index contributed by atoms with van der Waals surface area (Å²) in [5.74, 6) is -0.494.